The number of nitrogens with one attached hydrogen (secondary N) is 2. The number of aromatic carboxylic acids is 1. The summed E-state index contributed by atoms with van der Waals surface area (Å²) in [6.45, 7) is 0. The SMILES string of the molecule is COc1cc(NC=C(C#N)c2nn[nH]n2)ccc1C(=O)O. The van der Waals surface area contributed by atoms with E-state index in [9.17, 15) is 4.79 Å². The van der Waals surface area contributed by atoms with Crippen LogP contribution in [0.3, 0.4) is 0 Å². The zero-order valence-corrected chi connectivity index (χ0v) is 10.9. The van der Waals surface area contributed by atoms with Gasteiger partial charge >= 0.3 is 5.97 Å². The molecule has 0 atom stereocenters. The number of rotatable bonds is 5. The van der Waals surface area contributed by atoms with Crippen LogP contribution in [0, 0.1) is 11.3 Å². The molecule has 9 heteroatoms. The summed E-state index contributed by atoms with van der Waals surface area (Å²) >= 11 is 0. The maximum Gasteiger partial charge on any atom is 0.339 e. The summed E-state index contributed by atoms with van der Waals surface area (Å²) in [5.74, 6) is -0.725. The summed E-state index contributed by atoms with van der Waals surface area (Å²) in [6, 6.07) is 6.38. The molecule has 1 aromatic carbocycles. The van der Waals surface area contributed by atoms with Crippen LogP contribution < -0.4 is 10.1 Å². The minimum Gasteiger partial charge on any atom is -0.496 e. The zero-order chi connectivity index (χ0) is 15.2. The molecule has 0 aliphatic heterocycles. The van der Waals surface area contributed by atoms with Crippen molar-refractivity contribution >= 4 is 17.2 Å². The standard InChI is InChI=1S/C12H10N6O3/c1-21-10-4-8(2-3-9(10)12(19)20)14-6-7(5-13)11-15-17-18-16-11/h2-4,6,14H,1H3,(H,19,20)(H,15,16,17,18). The molecule has 0 radical (unpaired) electrons. The Kier molecular flexibility index (Phi) is 4.11. The fourth-order valence-electron chi connectivity index (χ4n) is 1.54. The molecule has 1 heterocycles. The van der Waals surface area contributed by atoms with Crippen molar-refractivity contribution in [1.82, 2.24) is 20.6 Å². The number of nitriles is 1. The third-order valence-electron chi connectivity index (χ3n) is 2.52. The van der Waals surface area contributed by atoms with Crippen LogP contribution in [0.25, 0.3) is 5.57 Å². The number of hydrogen-bond donors (Lipinski definition) is 3. The van der Waals surface area contributed by atoms with E-state index < -0.39 is 5.97 Å². The lowest BCUT2D eigenvalue weighted by Crippen LogP contribution is -2.01. The maximum atomic E-state index is 11.0. The van der Waals surface area contributed by atoms with Gasteiger partial charge in [-0.25, -0.2) is 4.79 Å². The Bertz CT molecular complexity index is 717. The molecule has 0 unspecified atom stereocenters. The van der Waals surface area contributed by atoms with Crippen LogP contribution in [0.1, 0.15) is 16.2 Å². The molecule has 0 saturated carbocycles. The lowest BCUT2D eigenvalue weighted by Gasteiger charge is -2.07. The Hall–Kier alpha value is -3.41. The van der Waals surface area contributed by atoms with Crippen LogP contribution in [0.2, 0.25) is 0 Å². The van der Waals surface area contributed by atoms with Gasteiger partial charge in [0.2, 0.25) is 5.82 Å². The molecule has 0 amide bonds. The number of methoxy groups -OCH3 is 1. The van der Waals surface area contributed by atoms with Crippen molar-refractivity contribution in [3.05, 3.63) is 35.8 Å². The van der Waals surface area contributed by atoms with E-state index in [1.807, 2.05) is 6.07 Å². The second-order valence-electron chi connectivity index (χ2n) is 3.77. The van der Waals surface area contributed by atoms with Crippen LogP contribution in [0.5, 0.6) is 5.75 Å². The van der Waals surface area contributed by atoms with E-state index in [4.69, 9.17) is 15.1 Å². The first kappa shape index (κ1) is 14.0. The molecule has 0 bridgehead atoms. The van der Waals surface area contributed by atoms with Gasteiger partial charge in [-0.1, -0.05) is 0 Å². The van der Waals surface area contributed by atoms with Crippen molar-refractivity contribution < 1.29 is 14.6 Å². The third-order valence-corrected chi connectivity index (χ3v) is 2.52. The van der Waals surface area contributed by atoms with Gasteiger partial charge in [-0.15, -0.1) is 10.2 Å². The van der Waals surface area contributed by atoms with E-state index in [0.717, 1.165) is 0 Å². The summed E-state index contributed by atoms with van der Waals surface area (Å²) < 4.78 is 5.01. The van der Waals surface area contributed by atoms with E-state index in [0.29, 0.717) is 5.69 Å². The first-order chi connectivity index (χ1) is 10.2. The lowest BCUT2D eigenvalue weighted by atomic mass is 10.2. The molecule has 1 aromatic heterocycles. The topological polar surface area (TPSA) is 137 Å². The Balaban J connectivity index is 2.24. The van der Waals surface area contributed by atoms with Gasteiger partial charge in [0, 0.05) is 18.0 Å². The van der Waals surface area contributed by atoms with E-state index in [2.05, 4.69) is 25.9 Å². The third kappa shape index (κ3) is 3.13. The fourth-order valence-corrected chi connectivity index (χ4v) is 1.54. The molecule has 0 aliphatic rings. The normalized spacial score (nSPS) is 10.8. The summed E-state index contributed by atoms with van der Waals surface area (Å²) in [6.07, 6.45) is 1.39. The van der Waals surface area contributed by atoms with Gasteiger partial charge in [-0.05, 0) is 17.3 Å². The highest BCUT2D eigenvalue weighted by molar-refractivity contribution is 5.91. The molecule has 0 aliphatic carbocycles. The number of nitrogens with zero attached hydrogens (tertiary/aromatic N) is 4. The van der Waals surface area contributed by atoms with E-state index in [1.165, 1.54) is 25.4 Å². The van der Waals surface area contributed by atoms with Crippen molar-refractivity contribution in [1.29, 1.82) is 5.26 Å². The van der Waals surface area contributed by atoms with Crippen molar-refractivity contribution in [2.75, 3.05) is 12.4 Å². The van der Waals surface area contributed by atoms with E-state index in [-0.39, 0.29) is 22.7 Å². The van der Waals surface area contributed by atoms with Crippen molar-refractivity contribution in [3.8, 4) is 11.8 Å². The van der Waals surface area contributed by atoms with Crippen molar-refractivity contribution in [2.45, 2.75) is 0 Å². The fraction of sp³-hybridized carbons (Fsp3) is 0.0833. The summed E-state index contributed by atoms with van der Waals surface area (Å²) in [5, 5.41) is 33.8. The minimum absolute atomic E-state index is 0.0469. The summed E-state index contributed by atoms with van der Waals surface area (Å²) in [5.41, 5.74) is 0.767. The number of anilines is 1. The van der Waals surface area contributed by atoms with E-state index >= 15 is 0 Å². The molecule has 106 valence electrons. The van der Waals surface area contributed by atoms with Crippen LogP contribution in [0.4, 0.5) is 5.69 Å². The average Bonchev–Trinajstić information content (AvgIpc) is 3.01. The molecule has 0 saturated heterocycles. The number of aromatic amines is 1. The maximum absolute atomic E-state index is 11.0. The first-order valence-corrected chi connectivity index (χ1v) is 5.67. The molecular formula is C12H10N6O3. The second-order valence-corrected chi connectivity index (χ2v) is 3.77. The molecule has 21 heavy (non-hydrogen) atoms. The second kappa shape index (κ2) is 6.16. The molecule has 0 spiro atoms. The first-order valence-electron chi connectivity index (χ1n) is 5.67. The number of tetrazole rings is 1. The number of carbonyl (C=O) groups is 1. The number of allylic oxidation sites excluding steroid dienone is 1. The van der Waals surface area contributed by atoms with Crippen molar-refractivity contribution in [2.24, 2.45) is 0 Å². The Morgan fingerprint density at radius 1 is 1.57 bits per heavy atom. The highest BCUT2D eigenvalue weighted by Crippen LogP contribution is 2.23. The lowest BCUT2D eigenvalue weighted by molar-refractivity contribution is 0.0693. The van der Waals surface area contributed by atoms with Gasteiger partial charge in [0.05, 0.1) is 7.11 Å². The highest BCUT2D eigenvalue weighted by Gasteiger charge is 2.11. The Labute approximate surface area is 118 Å². The van der Waals surface area contributed by atoms with Gasteiger partial charge in [0.1, 0.15) is 23.0 Å². The average molecular weight is 286 g/mol. The molecule has 2 rings (SSSR count). The Morgan fingerprint density at radius 3 is 2.95 bits per heavy atom. The number of H-pyrrole nitrogens is 1. The molecule has 3 N–H and O–H groups in total. The number of aromatic nitrogens is 4. The zero-order valence-electron chi connectivity index (χ0n) is 10.9. The molecule has 0 fully saturated rings. The smallest absolute Gasteiger partial charge is 0.339 e. The number of benzene rings is 1. The van der Waals surface area contributed by atoms with Crippen molar-refractivity contribution in [3.63, 3.8) is 0 Å². The number of ether oxygens (including phenoxy) is 1. The quantitative estimate of drug-likeness (QED) is 0.689. The van der Waals surface area contributed by atoms with Crippen LogP contribution in [-0.4, -0.2) is 38.8 Å². The predicted octanol–water partition coefficient (Wildman–Crippen LogP) is 0.883. The molecular weight excluding hydrogens is 276 g/mol. The van der Waals surface area contributed by atoms with E-state index in [1.54, 1.807) is 6.07 Å². The van der Waals surface area contributed by atoms with Gasteiger partial charge in [-0.3, -0.25) is 0 Å². The highest BCUT2D eigenvalue weighted by atomic mass is 16.5. The summed E-state index contributed by atoms with van der Waals surface area (Å²) in [4.78, 5) is 11.0. The monoisotopic (exact) mass is 286 g/mol. The van der Waals surface area contributed by atoms with Crippen LogP contribution >= 0.6 is 0 Å². The number of carboxylic acids is 1. The van der Waals surface area contributed by atoms with Crippen LogP contribution in [0.15, 0.2) is 24.4 Å². The Morgan fingerprint density at radius 2 is 2.38 bits per heavy atom. The van der Waals surface area contributed by atoms with Gasteiger partial charge in [-0.2, -0.15) is 10.5 Å². The summed E-state index contributed by atoms with van der Waals surface area (Å²) in [7, 11) is 1.38. The number of carboxylic acid groups (broad SMARTS) is 1. The predicted molar refractivity (Wildman–Crippen MR) is 71.3 cm³/mol. The van der Waals surface area contributed by atoms with Gasteiger partial charge in [0.25, 0.3) is 0 Å². The largest absolute Gasteiger partial charge is 0.496 e. The molecule has 2 aromatic rings. The van der Waals surface area contributed by atoms with Crippen LogP contribution in [-0.2, 0) is 0 Å². The minimum atomic E-state index is -1.08. The molecule has 9 nitrogen and oxygen atoms in total. The van der Waals surface area contributed by atoms with Gasteiger partial charge in [0.15, 0.2) is 0 Å². The number of hydrogen-bond acceptors (Lipinski definition) is 7. The van der Waals surface area contributed by atoms with Gasteiger partial charge < -0.3 is 15.2 Å².